The molecule has 4 nitrogen and oxygen atoms in total. The van der Waals surface area contributed by atoms with Gasteiger partial charge in [-0.3, -0.25) is 9.69 Å². The van der Waals surface area contributed by atoms with Crippen molar-refractivity contribution in [1.82, 2.24) is 9.88 Å². The second-order valence-corrected chi connectivity index (χ2v) is 8.00. The van der Waals surface area contributed by atoms with E-state index in [0.29, 0.717) is 16.7 Å². The molecule has 1 aromatic carbocycles. The quantitative estimate of drug-likeness (QED) is 0.727. The van der Waals surface area contributed by atoms with Gasteiger partial charge in [0.05, 0.1) is 0 Å². The summed E-state index contributed by atoms with van der Waals surface area (Å²) in [5, 5.41) is 0. The lowest BCUT2D eigenvalue weighted by Crippen LogP contribution is -2.55. The molecule has 1 saturated carbocycles. The van der Waals surface area contributed by atoms with Gasteiger partial charge in [-0.05, 0) is 44.7 Å². The number of anilines is 1. The van der Waals surface area contributed by atoms with Crippen molar-refractivity contribution >= 4 is 24.0 Å². The van der Waals surface area contributed by atoms with E-state index in [0.717, 1.165) is 37.9 Å². The van der Waals surface area contributed by atoms with Gasteiger partial charge in [0.1, 0.15) is 5.82 Å². The van der Waals surface area contributed by atoms with Gasteiger partial charge in [0, 0.05) is 49.0 Å². The van der Waals surface area contributed by atoms with Gasteiger partial charge in [0.15, 0.2) is 5.78 Å². The Balaban J connectivity index is 0.00000210. The van der Waals surface area contributed by atoms with Gasteiger partial charge in [0.25, 0.3) is 0 Å². The van der Waals surface area contributed by atoms with Crippen LogP contribution in [0.5, 0.6) is 0 Å². The minimum Gasteiger partial charge on any atom is -0.354 e. The van der Waals surface area contributed by atoms with Gasteiger partial charge in [-0.2, -0.15) is 0 Å². The maximum absolute atomic E-state index is 12.5. The number of ketones is 1. The second kappa shape index (κ2) is 7.99. The Bertz CT molecular complexity index is 764. The molecular formula is C22H28ClN3O. The average Bonchev–Trinajstić information content (AvgIpc) is 3.54. The zero-order valence-corrected chi connectivity index (χ0v) is 16.9. The van der Waals surface area contributed by atoms with Crippen LogP contribution in [0.2, 0.25) is 0 Å². The summed E-state index contributed by atoms with van der Waals surface area (Å²) in [6.07, 6.45) is 4.47. The molecule has 0 radical (unpaired) electrons. The van der Waals surface area contributed by atoms with E-state index in [9.17, 15) is 4.79 Å². The molecule has 2 heterocycles. The molecule has 2 aromatic rings. The lowest BCUT2D eigenvalue weighted by Gasteiger charge is -2.44. The number of rotatable bonds is 5. The molecule has 0 spiro atoms. The van der Waals surface area contributed by atoms with Gasteiger partial charge in [-0.15, -0.1) is 12.4 Å². The van der Waals surface area contributed by atoms with Gasteiger partial charge < -0.3 is 4.90 Å². The van der Waals surface area contributed by atoms with Crippen molar-refractivity contribution in [3.8, 4) is 0 Å². The molecule has 1 aliphatic heterocycles. The summed E-state index contributed by atoms with van der Waals surface area (Å²) in [7, 11) is 0. The smallest absolute Gasteiger partial charge is 0.194 e. The Hall–Kier alpha value is -1.91. The Morgan fingerprint density at radius 3 is 2.19 bits per heavy atom. The topological polar surface area (TPSA) is 36.4 Å². The van der Waals surface area contributed by atoms with E-state index < -0.39 is 0 Å². The third-order valence-corrected chi connectivity index (χ3v) is 6.04. The van der Waals surface area contributed by atoms with Crippen LogP contribution in [-0.4, -0.2) is 47.4 Å². The largest absolute Gasteiger partial charge is 0.354 e. The number of carbonyl (C=O) groups excluding carboxylic acids is 1. The number of hydrogen-bond donors (Lipinski definition) is 0. The molecule has 1 aliphatic carbocycles. The van der Waals surface area contributed by atoms with Crippen molar-refractivity contribution in [2.24, 2.45) is 5.92 Å². The van der Waals surface area contributed by atoms with Crippen LogP contribution in [0, 0.1) is 5.92 Å². The molecule has 27 heavy (non-hydrogen) atoms. The maximum Gasteiger partial charge on any atom is 0.194 e. The van der Waals surface area contributed by atoms with Crippen LogP contribution in [0.1, 0.15) is 42.6 Å². The molecule has 144 valence electrons. The second-order valence-electron chi connectivity index (χ2n) is 8.00. The fourth-order valence-electron chi connectivity index (χ4n) is 4.02. The monoisotopic (exact) mass is 385 g/mol. The highest BCUT2D eigenvalue weighted by atomic mass is 35.5. The minimum atomic E-state index is 0. The van der Waals surface area contributed by atoms with Gasteiger partial charge >= 0.3 is 0 Å². The molecule has 0 unspecified atom stereocenters. The summed E-state index contributed by atoms with van der Waals surface area (Å²) in [6.45, 7) is 8.93. The molecule has 0 bridgehead atoms. The van der Waals surface area contributed by atoms with Crippen LogP contribution in [0.3, 0.4) is 0 Å². The van der Waals surface area contributed by atoms with Crippen LogP contribution in [0.25, 0.3) is 0 Å². The van der Waals surface area contributed by atoms with Crippen molar-refractivity contribution < 1.29 is 4.79 Å². The Morgan fingerprint density at radius 1 is 0.963 bits per heavy atom. The minimum absolute atomic E-state index is 0. The fraction of sp³-hybridized carbons (Fsp3) is 0.455. The van der Waals surface area contributed by atoms with Crippen LogP contribution < -0.4 is 4.90 Å². The summed E-state index contributed by atoms with van der Waals surface area (Å²) in [6, 6.07) is 13.3. The molecule has 2 aliphatic rings. The first kappa shape index (κ1) is 19.8. The Morgan fingerprint density at radius 2 is 1.63 bits per heavy atom. The number of nitrogens with zero attached hydrogens (tertiary/aromatic N) is 3. The lowest BCUT2D eigenvalue weighted by molar-refractivity contribution is 0.0917. The Labute approximate surface area is 168 Å². The molecular weight excluding hydrogens is 358 g/mol. The highest BCUT2D eigenvalue weighted by molar-refractivity contribution is 6.08. The summed E-state index contributed by atoms with van der Waals surface area (Å²) < 4.78 is 0. The maximum atomic E-state index is 12.5. The van der Waals surface area contributed by atoms with Crippen molar-refractivity contribution in [2.75, 3.05) is 31.1 Å². The van der Waals surface area contributed by atoms with Crippen molar-refractivity contribution in [1.29, 1.82) is 0 Å². The SMILES string of the molecule is CC(C)(C1CC1)N1CCN(c2ccc(C(=O)c3ccccc3)cn2)CC1.Cl. The molecule has 5 heteroatoms. The predicted octanol–water partition coefficient (Wildman–Crippen LogP) is 4.05. The standard InChI is InChI=1S/C22H27N3O.ClH/c1-22(2,19-9-10-19)25-14-12-24(13-15-25)20-11-8-18(16-23-20)21(26)17-6-4-3-5-7-17;/h3-8,11,16,19H,9-10,12-15H2,1-2H3;1H. The number of piperazine rings is 1. The average molecular weight is 386 g/mol. The number of halogens is 1. The van der Waals surface area contributed by atoms with Crippen LogP contribution in [0.4, 0.5) is 5.82 Å². The summed E-state index contributed by atoms with van der Waals surface area (Å²) >= 11 is 0. The normalized spacial score (nSPS) is 18.1. The van der Waals surface area contributed by atoms with Gasteiger partial charge in [-0.1, -0.05) is 30.3 Å². The zero-order chi connectivity index (χ0) is 18.1. The molecule has 0 atom stereocenters. The number of pyridine rings is 1. The van der Waals surface area contributed by atoms with E-state index in [1.165, 1.54) is 12.8 Å². The fourth-order valence-corrected chi connectivity index (χ4v) is 4.02. The number of benzene rings is 1. The van der Waals surface area contributed by atoms with Crippen LogP contribution in [-0.2, 0) is 0 Å². The van der Waals surface area contributed by atoms with E-state index in [4.69, 9.17) is 0 Å². The van der Waals surface area contributed by atoms with Crippen LogP contribution >= 0.6 is 12.4 Å². The lowest BCUT2D eigenvalue weighted by atomic mass is 9.95. The van der Waals surface area contributed by atoms with E-state index in [-0.39, 0.29) is 18.2 Å². The van der Waals surface area contributed by atoms with E-state index in [1.54, 1.807) is 6.20 Å². The molecule has 1 aromatic heterocycles. The highest BCUT2D eigenvalue weighted by Gasteiger charge is 2.42. The number of aromatic nitrogens is 1. The number of hydrogen-bond acceptors (Lipinski definition) is 4. The molecule has 4 rings (SSSR count). The summed E-state index contributed by atoms with van der Waals surface area (Å²) in [4.78, 5) is 22.0. The zero-order valence-electron chi connectivity index (χ0n) is 16.1. The Kier molecular flexibility index (Phi) is 5.87. The third kappa shape index (κ3) is 4.17. The summed E-state index contributed by atoms with van der Waals surface area (Å²) in [5.74, 6) is 1.87. The highest BCUT2D eigenvalue weighted by Crippen LogP contribution is 2.43. The molecule has 1 saturated heterocycles. The first-order valence-electron chi connectivity index (χ1n) is 9.61. The van der Waals surface area contributed by atoms with Crippen molar-refractivity contribution in [3.05, 3.63) is 59.8 Å². The predicted molar refractivity (Wildman–Crippen MR) is 112 cm³/mol. The van der Waals surface area contributed by atoms with Gasteiger partial charge in [-0.25, -0.2) is 4.98 Å². The van der Waals surface area contributed by atoms with Gasteiger partial charge in [0.2, 0.25) is 0 Å². The van der Waals surface area contributed by atoms with Crippen molar-refractivity contribution in [3.63, 3.8) is 0 Å². The first-order valence-corrected chi connectivity index (χ1v) is 9.61. The molecule has 2 fully saturated rings. The van der Waals surface area contributed by atoms with E-state index in [1.807, 2.05) is 42.5 Å². The third-order valence-electron chi connectivity index (χ3n) is 6.04. The molecule has 0 amide bonds. The first-order chi connectivity index (χ1) is 12.6. The molecule has 0 N–H and O–H groups in total. The number of carbonyl (C=O) groups is 1. The van der Waals surface area contributed by atoms with Crippen molar-refractivity contribution in [2.45, 2.75) is 32.2 Å². The summed E-state index contributed by atoms with van der Waals surface area (Å²) in [5.41, 5.74) is 1.68. The van der Waals surface area contributed by atoms with E-state index >= 15 is 0 Å². The van der Waals surface area contributed by atoms with E-state index in [2.05, 4.69) is 28.6 Å². The van der Waals surface area contributed by atoms with Crippen LogP contribution in [0.15, 0.2) is 48.7 Å².